The molecule has 0 bridgehead atoms. The highest BCUT2D eigenvalue weighted by molar-refractivity contribution is 7.18. The molecule has 4 rings (SSSR count). The number of nitrogens with one attached hydrogen (secondary N) is 2. The lowest BCUT2D eigenvalue weighted by atomic mass is 9.83. The molecule has 1 aromatic carbocycles. The normalized spacial score (nSPS) is 25.3. The summed E-state index contributed by atoms with van der Waals surface area (Å²) in [4.78, 5) is 29.4. The fourth-order valence-corrected chi connectivity index (χ4v) is 4.65. The van der Waals surface area contributed by atoms with Crippen LogP contribution in [0.15, 0.2) is 36.4 Å². The van der Waals surface area contributed by atoms with Crippen LogP contribution >= 0.6 is 11.3 Å². The van der Waals surface area contributed by atoms with Crippen LogP contribution in [0.5, 0.6) is 0 Å². The Kier molecular flexibility index (Phi) is 4.99. The Balaban J connectivity index is 1.45. The summed E-state index contributed by atoms with van der Waals surface area (Å²) in [7, 11) is 0. The Morgan fingerprint density at radius 2 is 1.92 bits per heavy atom. The summed E-state index contributed by atoms with van der Waals surface area (Å²) < 4.78 is 6.46. The van der Waals surface area contributed by atoms with E-state index in [1.54, 1.807) is 11.3 Å². The molecule has 1 aromatic heterocycles. The van der Waals surface area contributed by atoms with Crippen molar-refractivity contribution in [3.63, 3.8) is 0 Å². The van der Waals surface area contributed by atoms with Crippen LogP contribution in [0.25, 0.3) is 10.2 Å². The number of thiazole rings is 1. The average Bonchev–Trinajstić information content (AvgIpc) is 3.35. The van der Waals surface area contributed by atoms with Crippen molar-refractivity contribution in [3.05, 3.63) is 41.4 Å². The Hall–Kier alpha value is -2.25. The maximum absolute atomic E-state index is 12.7. The number of allylic oxidation sites excluding steroid dienone is 2. The number of nitrogens with zero attached hydrogens (tertiary/aromatic N) is 1. The van der Waals surface area contributed by atoms with E-state index in [2.05, 4.69) is 16.9 Å². The molecule has 3 atom stereocenters. The molecule has 1 aliphatic carbocycles. The van der Waals surface area contributed by atoms with Crippen molar-refractivity contribution in [3.8, 4) is 0 Å². The minimum absolute atomic E-state index is 0.0250. The highest BCUT2D eigenvalue weighted by atomic mass is 32.1. The molecule has 26 heavy (non-hydrogen) atoms. The van der Waals surface area contributed by atoms with E-state index in [4.69, 9.17) is 9.72 Å². The SMILES string of the molecule is O=C(NNC(=O)[C@@H]1CC=CC[C@@H]1c1nc2ccccc2s1)[C@H]1CCCO1. The molecule has 1 fully saturated rings. The van der Waals surface area contributed by atoms with Crippen molar-refractivity contribution in [2.24, 2.45) is 5.92 Å². The Bertz CT molecular complexity index is 808. The van der Waals surface area contributed by atoms with Crippen molar-refractivity contribution in [1.82, 2.24) is 15.8 Å². The molecule has 1 saturated heterocycles. The lowest BCUT2D eigenvalue weighted by Crippen LogP contribution is -2.49. The third kappa shape index (κ3) is 3.50. The number of hydrogen-bond donors (Lipinski definition) is 2. The predicted octanol–water partition coefficient (Wildman–Crippen LogP) is 2.67. The summed E-state index contributed by atoms with van der Waals surface area (Å²) in [6.07, 6.45) is 6.66. The van der Waals surface area contributed by atoms with Gasteiger partial charge in [0.25, 0.3) is 5.91 Å². The quantitative estimate of drug-likeness (QED) is 0.642. The highest BCUT2D eigenvalue weighted by Gasteiger charge is 2.33. The average molecular weight is 371 g/mol. The molecule has 2 aromatic rings. The molecule has 2 heterocycles. The lowest BCUT2D eigenvalue weighted by molar-refractivity contribution is -0.136. The largest absolute Gasteiger partial charge is 0.368 e. The number of ether oxygens (including phenoxy) is 1. The van der Waals surface area contributed by atoms with Crippen LogP contribution in [0.1, 0.15) is 36.6 Å². The molecule has 0 radical (unpaired) electrons. The first kappa shape index (κ1) is 17.2. The molecule has 0 unspecified atom stereocenters. The predicted molar refractivity (Wildman–Crippen MR) is 99.5 cm³/mol. The lowest BCUT2D eigenvalue weighted by Gasteiger charge is -2.26. The minimum atomic E-state index is -0.457. The summed E-state index contributed by atoms with van der Waals surface area (Å²) >= 11 is 1.64. The van der Waals surface area contributed by atoms with Gasteiger partial charge < -0.3 is 4.74 Å². The van der Waals surface area contributed by atoms with Gasteiger partial charge in [0.1, 0.15) is 6.10 Å². The van der Waals surface area contributed by atoms with Gasteiger partial charge in [-0.05, 0) is 37.8 Å². The number of para-hydroxylation sites is 1. The molecule has 2 amide bonds. The second-order valence-electron chi connectivity index (χ2n) is 6.66. The number of hydrazine groups is 1. The van der Waals surface area contributed by atoms with E-state index < -0.39 is 6.10 Å². The number of rotatable bonds is 3. The van der Waals surface area contributed by atoms with Crippen LogP contribution in [-0.4, -0.2) is 29.5 Å². The zero-order valence-corrected chi connectivity index (χ0v) is 15.1. The van der Waals surface area contributed by atoms with Gasteiger partial charge in [-0.1, -0.05) is 24.3 Å². The molecule has 6 nitrogen and oxygen atoms in total. The van der Waals surface area contributed by atoms with Crippen molar-refractivity contribution in [2.45, 2.75) is 37.7 Å². The van der Waals surface area contributed by atoms with Gasteiger partial charge in [-0.25, -0.2) is 4.98 Å². The fourth-order valence-electron chi connectivity index (χ4n) is 3.51. The van der Waals surface area contributed by atoms with Crippen LogP contribution in [0, 0.1) is 5.92 Å². The van der Waals surface area contributed by atoms with E-state index in [1.807, 2.05) is 30.3 Å². The zero-order chi connectivity index (χ0) is 17.9. The molecule has 7 heteroatoms. The first-order valence-corrected chi connectivity index (χ1v) is 9.76. The van der Waals surface area contributed by atoms with Gasteiger partial charge in [-0.15, -0.1) is 11.3 Å². The molecule has 1 aliphatic heterocycles. The zero-order valence-electron chi connectivity index (χ0n) is 14.3. The summed E-state index contributed by atoms with van der Waals surface area (Å²) in [6.45, 7) is 0.596. The van der Waals surface area contributed by atoms with Gasteiger partial charge in [0.05, 0.1) is 21.1 Å². The number of fused-ring (bicyclic) bond motifs is 1. The van der Waals surface area contributed by atoms with E-state index >= 15 is 0 Å². The summed E-state index contributed by atoms with van der Waals surface area (Å²) in [5, 5.41) is 0.973. The first-order valence-electron chi connectivity index (χ1n) is 8.94. The van der Waals surface area contributed by atoms with Gasteiger partial charge >= 0.3 is 0 Å². The number of amides is 2. The van der Waals surface area contributed by atoms with Gasteiger partial charge in [-0.3, -0.25) is 20.4 Å². The van der Waals surface area contributed by atoms with E-state index in [-0.39, 0.29) is 23.7 Å². The molecular weight excluding hydrogens is 350 g/mol. The molecule has 0 spiro atoms. The maximum atomic E-state index is 12.7. The minimum Gasteiger partial charge on any atom is -0.368 e. The molecule has 0 saturated carbocycles. The summed E-state index contributed by atoms with van der Waals surface area (Å²) in [5.41, 5.74) is 6.07. The van der Waals surface area contributed by atoms with Crippen LogP contribution in [0.2, 0.25) is 0 Å². The Labute approximate surface area is 155 Å². The monoisotopic (exact) mass is 371 g/mol. The number of carbonyl (C=O) groups is 2. The summed E-state index contributed by atoms with van der Waals surface area (Å²) in [6, 6.07) is 8.00. The Morgan fingerprint density at radius 3 is 2.73 bits per heavy atom. The van der Waals surface area contributed by atoms with Gasteiger partial charge in [0.2, 0.25) is 5.91 Å². The topological polar surface area (TPSA) is 80.3 Å². The van der Waals surface area contributed by atoms with Gasteiger partial charge in [0, 0.05) is 12.5 Å². The van der Waals surface area contributed by atoms with Crippen LogP contribution in [0.4, 0.5) is 0 Å². The number of benzene rings is 1. The molecule has 136 valence electrons. The smallest absolute Gasteiger partial charge is 0.267 e. The van der Waals surface area contributed by atoms with Crippen LogP contribution in [0.3, 0.4) is 0 Å². The molecule has 2 N–H and O–H groups in total. The molecular formula is C19H21N3O3S. The van der Waals surface area contributed by atoms with Gasteiger partial charge in [-0.2, -0.15) is 0 Å². The van der Waals surface area contributed by atoms with Crippen molar-refractivity contribution < 1.29 is 14.3 Å². The number of hydrogen-bond acceptors (Lipinski definition) is 5. The fraction of sp³-hybridized carbons (Fsp3) is 0.421. The van der Waals surface area contributed by atoms with E-state index in [9.17, 15) is 9.59 Å². The van der Waals surface area contributed by atoms with Crippen molar-refractivity contribution in [1.29, 1.82) is 0 Å². The van der Waals surface area contributed by atoms with Crippen molar-refractivity contribution >= 4 is 33.4 Å². The van der Waals surface area contributed by atoms with E-state index in [0.717, 1.165) is 28.1 Å². The maximum Gasteiger partial charge on any atom is 0.267 e. The second kappa shape index (κ2) is 7.55. The third-order valence-electron chi connectivity index (χ3n) is 4.93. The Morgan fingerprint density at radius 1 is 1.12 bits per heavy atom. The number of carbonyl (C=O) groups excluding carboxylic acids is 2. The van der Waals surface area contributed by atoms with Crippen molar-refractivity contribution in [2.75, 3.05) is 6.61 Å². The first-order chi connectivity index (χ1) is 12.7. The third-order valence-corrected chi connectivity index (χ3v) is 6.10. The van der Waals surface area contributed by atoms with Crippen LogP contribution < -0.4 is 10.9 Å². The standard InChI is InChI=1S/C19H21N3O3S/c23-17(21-22-18(24)15-9-5-11-25-15)12-6-1-2-7-13(12)19-20-14-8-3-4-10-16(14)26-19/h1-4,8,10,12-13,15H,5-7,9,11H2,(H,21,23)(H,22,24)/t12-,13+,15-/m1/s1. The highest BCUT2D eigenvalue weighted by Crippen LogP contribution is 2.38. The van der Waals surface area contributed by atoms with Gasteiger partial charge in [0.15, 0.2) is 0 Å². The second-order valence-corrected chi connectivity index (χ2v) is 7.72. The molecule has 2 aliphatic rings. The summed E-state index contributed by atoms with van der Waals surface area (Å²) in [5.74, 6) is -0.675. The van der Waals surface area contributed by atoms with E-state index in [0.29, 0.717) is 19.4 Å². The number of aromatic nitrogens is 1. The van der Waals surface area contributed by atoms with Crippen LogP contribution in [-0.2, 0) is 14.3 Å². The van der Waals surface area contributed by atoms with E-state index in [1.165, 1.54) is 0 Å².